The quantitative estimate of drug-likeness (QED) is 0.0320. The van der Waals surface area contributed by atoms with Gasteiger partial charge in [-0.25, -0.2) is 0 Å². The Kier molecular flexibility index (Phi) is 28.1. The lowest BCUT2D eigenvalue weighted by Crippen LogP contribution is -2.54. The SMILES string of the molecule is C=CC1(C)C=C2CCC3C(C)(C(=O)OCC(O)CO)CCCC3(C)C2CC1.C=CC1(C)C=C2CCC3C(C)(C(=O)OCC(O)CO)CCCC3(C)C2CC1.C=CC1(C)CCC2C(=CCC3C(C)(C(=O)OCC(O)CO)CCCC23C)C1.CC(C)C1=CCC2C(=C1)CCC1C(C)(C(=O)OCC(O)CO)CCCC21C. The molecule has 0 saturated heterocycles. The summed E-state index contributed by atoms with van der Waals surface area (Å²) >= 11 is 0. The van der Waals surface area contributed by atoms with E-state index in [1.807, 2.05) is 0 Å². The number of esters is 4. The highest BCUT2D eigenvalue weighted by Crippen LogP contribution is 2.69. The normalized spacial score (nSPS) is 41.0. The second-order valence-corrected chi connectivity index (χ2v) is 39.2. The summed E-state index contributed by atoms with van der Waals surface area (Å²) in [6.07, 6.45) is 42.8. The summed E-state index contributed by atoms with van der Waals surface area (Å²) in [5, 5.41) is 74.2. The molecule has 16 nitrogen and oxygen atoms in total. The highest BCUT2D eigenvalue weighted by atomic mass is 16.6. The molecule has 12 rings (SSSR count). The summed E-state index contributed by atoms with van der Waals surface area (Å²) < 4.78 is 21.8. The monoisotopic (exact) mass is 1510 g/mol. The van der Waals surface area contributed by atoms with Crippen molar-refractivity contribution in [3.63, 3.8) is 0 Å². The predicted octanol–water partition coefficient (Wildman–Crippen LogP) is 16.1. The van der Waals surface area contributed by atoms with Crippen molar-refractivity contribution in [2.24, 2.45) is 113 Å². The predicted molar refractivity (Wildman–Crippen MR) is 424 cm³/mol. The Morgan fingerprint density at radius 1 is 0.407 bits per heavy atom. The summed E-state index contributed by atoms with van der Waals surface area (Å²) in [4.78, 5) is 52.0. The van der Waals surface area contributed by atoms with E-state index in [9.17, 15) is 39.6 Å². The highest BCUT2D eigenvalue weighted by Gasteiger charge is 2.63. The molecule has 0 aromatic rings. The van der Waals surface area contributed by atoms with Crippen LogP contribution in [0.3, 0.4) is 0 Å². The van der Waals surface area contributed by atoms with Crippen molar-refractivity contribution >= 4 is 23.9 Å². The molecular weight excluding hydrogens is 1360 g/mol. The lowest BCUT2D eigenvalue weighted by molar-refractivity contribution is -0.175. The molecule has 12 aliphatic carbocycles. The number of allylic oxidation sites excluding steroid dienone is 13. The van der Waals surface area contributed by atoms with Crippen LogP contribution in [-0.2, 0) is 38.1 Å². The molecule has 0 bridgehead atoms. The smallest absolute Gasteiger partial charge is 0.312 e. The van der Waals surface area contributed by atoms with Crippen LogP contribution in [0.25, 0.3) is 0 Å². The molecular formula is C92H144O16. The van der Waals surface area contributed by atoms with Crippen LogP contribution in [-0.4, -0.2) is 142 Å². The topological polar surface area (TPSA) is 267 Å². The Morgan fingerprint density at radius 3 is 1.07 bits per heavy atom. The number of aliphatic hydroxyl groups is 8. The van der Waals surface area contributed by atoms with Crippen molar-refractivity contribution < 1.29 is 79.0 Å². The summed E-state index contributed by atoms with van der Waals surface area (Å²) in [7, 11) is 0. The molecule has 108 heavy (non-hydrogen) atoms. The van der Waals surface area contributed by atoms with Crippen LogP contribution >= 0.6 is 0 Å². The zero-order valence-corrected chi connectivity index (χ0v) is 68.8. The fourth-order valence-corrected chi connectivity index (χ4v) is 24.9. The molecule has 23 unspecified atom stereocenters. The van der Waals surface area contributed by atoms with E-state index in [4.69, 9.17) is 39.4 Å². The molecule has 0 radical (unpaired) electrons. The molecule has 0 aliphatic heterocycles. The molecule has 0 heterocycles. The number of carbonyl (C=O) groups is 4. The molecule has 0 aromatic heterocycles. The average Bonchev–Trinajstić information content (AvgIpc) is 0.741. The molecule has 8 N–H and O–H groups in total. The minimum Gasteiger partial charge on any atom is -0.462 e. The summed E-state index contributed by atoms with van der Waals surface area (Å²) in [6, 6.07) is 0. The van der Waals surface area contributed by atoms with Gasteiger partial charge in [0.1, 0.15) is 50.8 Å². The standard InChI is InChI=1S/4C23H36O4/c1-15(2)16-6-8-19-17(12-16)7-9-20-22(19,3)10-5-11-23(20,4)21(26)27-14-18(25)13-24;3*1-5-21(2)12-9-18-16(13-21)7-8-19-22(18,3)10-6-11-23(19,4)20(26)27-15-17(25)14-24/h6,12,15,18-20,24-25H,5,7-11,13-14H2,1-4H3;2*5,13,17-19,24-25H,1,6-12,14-15H2,2-4H3;5,7,17-19,24-25H,1,6,8-15H2,2-4H3. The van der Waals surface area contributed by atoms with Crippen LogP contribution in [0.15, 0.2) is 96.2 Å². The molecule has 0 aromatic carbocycles. The maximum atomic E-state index is 13.0. The van der Waals surface area contributed by atoms with Gasteiger partial charge in [0.25, 0.3) is 0 Å². The molecule has 16 heteroatoms. The summed E-state index contributed by atoms with van der Waals surface area (Å²) in [6.45, 7) is 39.2. The maximum absolute atomic E-state index is 13.0. The average molecular weight is 1510 g/mol. The van der Waals surface area contributed by atoms with E-state index < -0.39 is 46.1 Å². The Labute approximate surface area is 649 Å². The maximum Gasteiger partial charge on any atom is 0.312 e. The van der Waals surface area contributed by atoms with E-state index in [0.29, 0.717) is 47.3 Å². The van der Waals surface area contributed by atoms with E-state index in [0.717, 1.165) is 173 Å². The number of hydrogen-bond acceptors (Lipinski definition) is 16. The second kappa shape index (κ2) is 34.7. The summed E-state index contributed by atoms with van der Waals surface area (Å²) in [5.41, 5.74) is 6.57. The first-order chi connectivity index (χ1) is 50.8. The fourth-order valence-electron chi connectivity index (χ4n) is 24.9. The Morgan fingerprint density at radius 2 is 0.731 bits per heavy atom. The van der Waals surface area contributed by atoms with E-state index in [-0.39, 0.29) is 121 Å². The van der Waals surface area contributed by atoms with Crippen molar-refractivity contribution in [3.05, 3.63) is 96.2 Å². The first kappa shape index (κ1) is 87.4. The molecule has 8 fully saturated rings. The van der Waals surface area contributed by atoms with Gasteiger partial charge in [0.15, 0.2) is 0 Å². The van der Waals surface area contributed by atoms with E-state index in [1.165, 1.54) is 5.57 Å². The van der Waals surface area contributed by atoms with Gasteiger partial charge in [-0.05, 0) is 261 Å². The Bertz CT molecular complexity index is 3270. The zero-order chi connectivity index (χ0) is 79.4. The third-order valence-electron chi connectivity index (χ3n) is 31.6. The van der Waals surface area contributed by atoms with Crippen LogP contribution < -0.4 is 0 Å². The fraction of sp³-hybridized carbons (Fsp3) is 0.783. The number of aliphatic hydroxyl groups excluding tert-OH is 8. The number of hydrogen-bond donors (Lipinski definition) is 8. The van der Waals surface area contributed by atoms with Gasteiger partial charge >= 0.3 is 23.9 Å². The minimum absolute atomic E-state index is 0.104. The first-order valence-electron chi connectivity index (χ1n) is 42.1. The lowest BCUT2D eigenvalue weighted by atomic mass is 9.45. The van der Waals surface area contributed by atoms with Crippen molar-refractivity contribution in [2.45, 2.75) is 288 Å². The van der Waals surface area contributed by atoms with Crippen LogP contribution in [0, 0.1) is 113 Å². The van der Waals surface area contributed by atoms with Crippen molar-refractivity contribution in [1.29, 1.82) is 0 Å². The van der Waals surface area contributed by atoms with E-state index >= 15 is 0 Å². The second-order valence-electron chi connectivity index (χ2n) is 39.2. The third-order valence-corrected chi connectivity index (χ3v) is 31.6. The van der Waals surface area contributed by atoms with Gasteiger partial charge in [0, 0.05) is 10.8 Å². The number of fused-ring (bicyclic) bond motifs is 12. The number of rotatable bonds is 20. The van der Waals surface area contributed by atoms with Gasteiger partial charge in [0.05, 0.1) is 48.1 Å². The van der Waals surface area contributed by atoms with Crippen molar-refractivity contribution in [2.75, 3.05) is 52.9 Å². The van der Waals surface area contributed by atoms with Crippen LogP contribution in [0.5, 0.6) is 0 Å². The first-order valence-corrected chi connectivity index (χ1v) is 42.1. The van der Waals surface area contributed by atoms with Gasteiger partial charge < -0.3 is 59.8 Å². The third kappa shape index (κ3) is 17.4. The van der Waals surface area contributed by atoms with E-state index in [2.05, 4.69) is 158 Å². The lowest BCUT2D eigenvalue weighted by Gasteiger charge is -2.59. The Balaban J connectivity index is 0.000000166. The van der Waals surface area contributed by atoms with E-state index in [1.54, 1.807) is 22.3 Å². The number of ether oxygens (including phenoxy) is 4. The molecule has 0 spiro atoms. The van der Waals surface area contributed by atoms with Gasteiger partial charge in [-0.3, -0.25) is 19.2 Å². The van der Waals surface area contributed by atoms with Crippen molar-refractivity contribution in [1.82, 2.24) is 0 Å². The number of carbonyl (C=O) groups excluding carboxylic acids is 4. The summed E-state index contributed by atoms with van der Waals surface area (Å²) in [5.74, 6) is 3.05. The molecule has 23 atom stereocenters. The highest BCUT2D eigenvalue weighted by molar-refractivity contribution is 5.79. The van der Waals surface area contributed by atoms with Gasteiger partial charge in [-0.15, -0.1) is 19.7 Å². The zero-order valence-electron chi connectivity index (χ0n) is 68.8. The molecule has 0 amide bonds. The van der Waals surface area contributed by atoms with Crippen LogP contribution in [0.4, 0.5) is 0 Å². The molecule has 608 valence electrons. The van der Waals surface area contributed by atoms with Gasteiger partial charge in [-0.2, -0.15) is 0 Å². The largest absolute Gasteiger partial charge is 0.462 e. The van der Waals surface area contributed by atoms with Crippen LogP contribution in [0.2, 0.25) is 0 Å². The van der Waals surface area contributed by atoms with Crippen LogP contribution in [0.1, 0.15) is 263 Å². The molecule has 12 aliphatic rings. The van der Waals surface area contributed by atoms with Crippen molar-refractivity contribution in [3.8, 4) is 0 Å². The Hall–Kier alpha value is -4.52. The molecule has 8 saturated carbocycles. The van der Waals surface area contributed by atoms with Gasteiger partial charge in [-0.1, -0.05) is 159 Å². The minimum atomic E-state index is -1.000. The van der Waals surface area contributed by atoms with Gasteiger partial charge in [0.2, 0.25) is 0 Å².